The van der Waals surface area contributed by atoms with Gasteiger partial charge in [0.15, 0.2) is 0 Å². The summed E-state index contributed by atoms with van der Waals surface area (Å²) in [6, 6.07) is 9.87. The fourth-order valence-electron chi connectivity index (χ4n) is 2.66. The zero-order chi connectivity index (χ0) is 16.5. The topological polar surface area (TPSA) is 46.9 Å². The third kappa shape index (κ3) is 4.95. The molecule has 0 saturated heterocycles. The van der Waals surface area contributed by atoms with Crippen LogP contribution in [0.2, 0.25) is 0 Å². The molecule has 0 spiro atoms. The van der Waals surface area contributed by atoms with Crippen LogP contribution in [0.1, 0.15) is 61.5 Å². The van der Waals surface area contributed by atoms with E-state index in [1.165, 1.54) is 32.1 Å². The fourth-order valence-corrected chi connectivity index (χ4v) is 2.66. The van der Waals surface area contributed by atoms with Gasteiger partial charge < -0.3 is 5.32 Å². The first kappa shape index (κ1) is 17.3. The molecule has 1 heterocycles. The van der Waals surface area contributed by atoms with Crippen molar-refractivity contribution in [3.63, 3.8) is 0 Å². The third-order valence-electron chi connectivity index (χ3n) is 4.07. The van der Waals surface area contributed by atoms with Crippen LogP contribution in [-0.4, -0.2) is 22.2 Å². The molecular weight excluding hydrogens is 286 g/mol. The fraction of sp³-hybridized carbons (Fsp3) is 0.474. The van der Waals surface area contributed by atoms with Gasteiger partial charge in [-0.2, -0.15) is 5.10 Å². The Kier molecular flexibility index (Phi) is 6.85. The molecule has 1 amide bonds. The Morgan fingerprint density at radius 1 is 1.09 bits per heavy atom. The van der Waals surface area contributed by atoms with Gasteiger partial charge in [0.25, 0.3) is 5.91 Å². The summed E-state index contributed by atoms with van der Waals surface area (Å²) in [6.07, 6.45) is 9.01. The largest absolute Gasteiger partial charge is 0.352 e. The number of para-hydroxylation sites is 1. The van der Waals surface area contributed by atoms with Crippen LogP contribution in [0.25, 0.3) is 5.69 Å². The lowest BCUT2D eigenvalue weighted by Gasteiger charge is -2.06. The number of benzene rings is 1. The predicted molar refractivity (Wildman–Crippen MR) is 94.0 cm³/mol. The summed E-state index contributed by atoms with van der Waals surface area (Å²) in [6.45, 7) is 4.89. The minimum absolute atomic E-state index is 0.0294. The minimum atomic E-state index is -0.0294. The Bertz CT molecular complexity index is 604. The molecule has 0 unspecified atom stereocenters. The number of rotatable bonds is 9. The van der Waals surface area contributed by atoms with Crippen molar-refractivity contribution in [2.45, 2.75) is 52.4 Å². The highest BCUT2D eigenvalue weighted by Crippen LogP contribution is 2.13. The predicted octanol–water partition coefficient (Wildman–Crippen LogP) is 4.27. The standard InChI is InChI=1S/C19H27N3O/c1-3-4-5-6-7-11-14-20-19(23)18-15-21-22(16(18)2)17-12-9-8-10-13-17/h8-10,12-13,15H,3-7,11,14H2,1-2H3,(H,20,23). The van der Waals surface area contributed by atoms with Crippen LogP contribution < -0.4 is 5.32 Å². The van der Waals surface area contributed by atoms with Gasteiger partial charge in [-0.05, 0) is 25.5 Å². The first-order valence-corrected chi connectivity index (χ1v) is 8.62. The summed E-state index contributed by atoms with van der Waals surface area (Å²) in [5.74, 6) is -0.0294. The van der Waals surface area contributed by atoms with Gasteiger partial charge in [-0.25, -0.2) is 4.68 Å². The van der Waals surface area contributed by atoms with Crippen LogP contribution in [0.3, 0.4) is 0 Å². The number of hydrogen-bond acceptors (Lipinski definition) is 2. The SMILES string of the molecule is CCCCCCCCNC(=O)c1cnn(-c2ccccc2)c1C. The van der Waals surface area contributed by atoms with Crippen molar-refractivity contribution in [2.75, 3.05) is 6.54 Å². The molecule has 4 heteroatoms. The molecule has 0 radical (unpaired) electrons. The van der Waals surface area contributed by atoms with E-state index in [0.29, 0.717) is 5.56 Å². The lowest BCUT2D eigenvalue weighted by Crippen LogP contribution is -2.24. The number of carbonyl (C=O) groups excluding carboxylic acids is 1. The molecule has 0 saturated carbocycles. The first-order chi connectivity index (χ1) is 11.2. The smallest absolute Gasteiger partial charge is 0.254 e. The van der Waals surface area contributed by atoms with E-state index in [-0.39, 0.29) is 5.91 Å². The number of aromatic nitrogens is 2. The zero-order valence-electron chi connectivity index (χ0n) is 14.2. The Labute approximate surface area is 138 Å². The quantitative estimate of drug-likeness (QED) is 0.703. The van der Waals surface area contributed by atoms with Crippen molar-refractivity contribution in [1.29, 1.82) is 0 Å². The van der Waals surface area contributed by atoms with Gasteiger partial charge in [0.2, 0.25) is 0 Å². The number of nitrogens with one attached hydrogen (secondary N) is 1. The minimum Gasteiger partial charge on any atom is -0.352 e. The van der Waals surface area contributed by atoms with Gasteiger partial charge in [-0.1, -0.05) is 57.2 Å². The molecule has 23 heavy (non-hydrogen) atoms. The van der Waals surface area contributed by atoms with Gasteiger partial charge in [0.1, 0.15) is 0 Å². The lowest BCUT2D eigenvalue weighted by atomic mass is 10.1. The van der Waals surface area contributed by atoms with Crippen LogP contribution in [-0.2, 0) is 0 Å². The van der Waals surface area contributed by atoms with Gasteiger partial charge in [0.05, 0.1) is 23.1 Å². The number of amides is 1. The molecule has 1 N–H and O–H groups in total. The average Bonchev–Trinajstić information content (AvgIpc) is 2.96. The van der Waals surface area contributed by atoms with Crippen LogP contribution in [0.5, 0.6) is 0 Å². The second kappa shape index (κ2) is 9.13. The second-order valence-electron chi connectivity index (χ2n) is 5.91. The van der Waals surface area contributed by atoms with Gasteiger partial charge in [-0.3, -0.25) is 4.79 Å². The third-order valence-corrected chi connectivity index (χ3v) is 4.07. The Balaban J connectivity index is 1.83. The molecular formula is C19H27N3O. The zero-order valence-corrected chi connectivity index (χ0v) is 14.2. The monoisotopic (exact) mass is 313 g/mol. The molecule has 0 atom stereocenters. The van der Waals surface area contributed by atoms with E-state index >= 15 is 0 Å². The first-order valence-electron chi connectivity index (χ1n) is 8.62. The summed E-state index contributed by atoms with van der Waals surface area (Å²) < 4.78 is 1.81. The van der Waals surface area contributed by atoms with Gasteiger partial charge in [0, 0.05) is 6.54 Å². The highest BCUT2D eigenvalue weighted by atomic mass is 16.1. The maximum Gasteiger partial charge on any atom is 0.254 e. The van der Waals surface area contributed by atoms with Crippen LogP contribution in [0, 0.1) is 6.92 Å². The molecule has 0 bridgehead atoms. The Morgan fingerprint density at radius 2 is 1.78 bits per heavy atom. The maximum atomic E-state index is 12.3. The van der Waals surface area contributed by atoms with E-state index in [1.54, 1.807) is 10.9 Å². The van der Waals surface area contributed by atoms with E-state index in [0.717, 1.165) is 24.3 Å². The number of unbranched alkanes of at least 4 members (excludes halogenated alkanes) is 5. The summed E-state index contributed by atoms with van der Waals surface area (Å²) in [7, 11) is 0. The van der Waals surface area contributed by atoms with E-state index in [9.17, 15) is 4.79 Å². The van der Waals surface area contributed by atoms with E-state index in [2.05, 4.69) is 17.3 Å². The van der Waals surface area contributed by atoms with E-state index < -0.39 is 0 Å². The maximum absolute atomic E-state index is 12.3. The molecule has 1 aromatic heterocycles. The van der Waals surface area contributed by atoms with Crippen molar-refractivity contribution in [3.8, 4) is 5.69 Å². The summed E-state index contributed by atoms with van der Waals surface area (Å²) >= 11 is 0. The normalized spacial score (nSPS) is 10.7. The molecule has 2 rings (SSSR count). The highest BCUT2D eigenvalue weighted by molar-refractivity contribution is 5.95. The van der Waals surface area contributed by atoms with Crippen LogP contribution in [0.15, 0.2) is 36.5 Å². The summed E-state index contributed by atoms with van der Waals surface area (Å²) in [5.41, 5.74) is 2.50. The average molecular weight is 313 g/mol. The number of hydrogen-bond donors (Lipinski definition) is 1. The molecule has 124 valence electrons. The van der Waals surface area contributed by atoms with Crippen molar-refractivity contribution >= 4 is 5.91 Å². The van der Waals surface area contributed by atoms with Crippen LogP contribution in [0.4, 0.5) is 0 Å². The van der Waals surface area contributed by atoms with Crippen molar-refractivity contribution in [3.05, 3.63) is 47.8 Å². The molecule has 4 nitrogen and oxygen atoms in total. The van der Waals surface area contributed by atoms with E-state index in [4.69, 9.17) is 0 Å². The van der Waals surface area contributed by atoms with E-state index in [1.807, 2.05) is 37.3 Å². The molecule has 0 fully saturated rings. The van der Waals surface area contributed by atoms with Gasteiger partial charge in [-0.15, -0.1) is 0 Å². The second-order valence-corrected chi connectivity index (χ2v) is 5.91. The summed E-state index contributed by atoms with van der Waals surface area (Å²) in [4.78, 5) is 12.3. The summed E-state index contributed by atoms with van der Waals surface area (Å²) in [5, 5.41) is 7.34. The van der Waals surface area contributed by atoms with Crippen LogP contribution >= 0.6 is 0 Å². The lowest BCUT2D eigenvalue weighted by molar-refractivity contribution is 0.0952. The van der Waals surface area contributed by atoms with Crippen molar-refractivity contribution in [1.82, 2.24) is 15.1 Å². The Morgan fingerprint density at radius 3 is 2.52 bits per heavy atom. The highest BCUT2D eigenvalue weighted by Gasteiger charge is 2.14. The van der Waals surface area contributed by atoms with Gasteiger partial charge >= 0.3 is 0 Å². The molecule has 1 aromatic carbocycles. The Hall–Kier alpha value is -2.10. The molecule has 0 aliphatic heterocycles. The molecule has 2 aromatic rings. The van der Waals surface area contributed by atoms with Crippen molar-refractivity contribution in [2.24, 2.45) is 0 Å². The number of nitrogens with zero attached hydrogens (tertiary/aromatic N) is 2. The molecule has 0 aliphatic rings. The molecule has 0 aliphatic carbocycles. The van der Waals surface area contributed by atoms with Crippen molar-refractivity contribution < 1.29 is 4.79 Å². The number of carbonyl (C=O) groups is 1.